The molecule has 1 aliphatic heterocycles. The van der Waals surface area contributed by atoms with Crippen LogP contribution in [-0.2, 0) is 9.59 Å². The fourth-order valence-corrected chi connectivity index (χ4v) is 3.40. The predicted octanol–water partition coefficient (Wildman–Crippen LogP) is 3.89. The Morgan fingerprint density at radius 2 is 1.81 bits per heavy atom. The van der Waals surface area contributed by atoms with E-state index in [-0.39, 0.29) is 11.3 Å². The average molecular weight is 480 g/mol. The number of rotatable bonds is 2. The molecule has 2 aromatic rings. The lowest BCUT2D eigenvalue weighted by Gasteiger charge is -2.27. The van der Waals surface area contributed by atoms with Crippen molar-refractivity contribution in [2.75, 3.05) is 4.90 Å². The number of carbonyl (C=O) groups is 3. The second-order valence-corrected chi connectivity index (χ2v) is 7.37. The minimum absolute atomic E-state index is 0.0360. The summed E-state index contributed by atoms with van der Waals surface area (Å²) in [5.41, 5.74) is 1.43. The summed E-state index contributed by atoms with van der Waals surface area (Å²) in [6, 6.07) is 8.86. The molecule has 2 aromatic carbocycles. The number of barbiturate groups is 1. The highest BCUT2D eigenvalue weighted by Crippen LogP contribution is 2.29. The van der Waals surface area contributed by atoms with E-state index in [1.54, 1.807) is 37.3 Å². The van der Waals surface area contributed by atoms with Crippen LogP contribution in [0.3, 0.4) is 0 Å². The number of nitrogens with one attached hydrogen (secondary N) is 1. The number of nitrogens with zero attached hydrogens (tertiary/aromatic N) is 1. The van der Waals surface area contributed by atoms with Crippen LogP contribution in [0.5, 0.6) is 5.75 Å². The second kappa shape index (κ2) is 7.05. The topological polar surface area (TPSA) is 86.7 Å². The normalized spacial score (nSPS) is 16.2. The van der Waals surface area contributed by atoms with E-state index < -0.39 is 17.8 Å². The fraction of sp³-hybridized carbons (Fsp3) is 0.0556. The van der Waals surface area contributed by atoms with Gasteiger partial charge < -0.3 is 5.11 Å². The number of aryl methyl sites for hydroxylation is 1. The molecule has 0 radical (unpaired) electrons. The molecule has 1 saturated heterocycles. The summed E-state index contributed by atoms with van der Waals surface area (Å²) in [6.07, 6.45) is 1.37. The van der Waals surface area contributed by atoms with E-state index in [9.17, 15) is 19.5 Å². The molecule has 0 saturated carbocycles. The van der Waals surface area contributed by atoms with Gasteiger partial charge in [-0.1, -0.05) is 22.0 Å². The Morgan fingerprint density at radius 1 is 1.08 bits per heavy atom. The highest BCUT2D eigenvalue weighted by atomic mass is 79.9. The van der Waals surface area contributed by atoms with Crippen molar-refractivity contribution in [3.05, 3.63) is 62.0 Å². The Kier molecular flexibility index (Phi) is 4.97. The first kappa shape index (κ1) is 18.3. The van der Waals surface area contributed by atoms with Crippen LogP contribution in [0, 0.1) is 6.92 Å². The lowest BCUT2D eigenvalue weighted by atomic mass is 10.1. The molecule has 0 aliphatic carbocycles. The zero-order valence-electron chi connectivity index (χ0n) is 13.4. The van der Waals surface area contributed by atoms with Gasteiger partial charge in [0.25, 0.3) is 11.8 Å². The van der Waals surface area contributed by atoms with E-state index in [1.165, 1.54) is 12.1 Å². The first-order valence-electron chi connectivity index (χ1n) is 7.44. The van der Waals surface area contributed by atoms with Crippen LogP contribution in [0.2, 0.25) is 0 Å². The van der Waals surface area contributed by atoms with Gasteiger partial charge in [0.05, 0.1) is 10.2 Å². The van der Waals surface area contributed by atoms with Crippen molar-refractivity contribution in [1.82, 2.24) is 5.32 Å². The molecule has 0 aromatic heterocycles. The maximum Gasteiger partial charge on any atom is 0.335 e. The summed E-state index contributed by atoms with van der Waals surface area (Å²) in [5.74, 6) is -1.45. The molecule has 0 spiro atoms. The predicted molar refractivity (Wildman–Crippen MR) is 104 cm³/mol. The molecule has 8 heteroatoms. The number of hydrogen-bond donors (Lipinski definition) is 2. The highest BCUT2D eigenvalue weighted by Gasteiger charge is 2.37. The van der Waals surface area contributed by atoms with Crippen LogP contribution in [-0.4, -0.2) is 23.0 Å². The van der Waals surface area contributed by atoms with Gasteiger partial charge in [-0.15, -0.1) is 0 Å². The van der Waals surface area contributed by atoms with E-state index in [0.717, 1.165) is 9.37 Å². The lowest BCUT2D eigenvalue weighted by molar-refractivity contribution is -0.122. The summed E-state index contributed by atoms with van der Waals surface area (Å²) in [6.45, 7) is 1.76. The lowest BCUT2D eigenvalue weighted by Crippen LogP contribution is -2.54. The Bertz CT molecular complexity index is 985. The summed E-state index contributed by atoms with van der Waals surface area (Å²) in [5, 5.41) is 11.7. The standard InChI is InChI=1S/C18H12Br2N2O4/c1-9-6-11(19)3-4-14(9)22-17(25)12(16(24)21-18(22)26)7-10-2-5-15(23)13(20)8-10/h2-8,23H,1H3,(H,21,24,26)/b12-7-. The zero-order chi connectivity index (χ0) is 19.0. The smallest absolute Gasteiger partial charge is 0.335 e. The molecule has 1 fully saturated rings. The SMILES string of the molecule is Cc1cc(Br)ccc1N1C(=O)NC(=O)/C(=C/c2ccc(O)c(Br)c2)C1=O. The molecule has 0 unspecified atom stereocenters. The molecular weight excluding hydrogens is 468 g/mol. The summed E-state index contributed by atoms with van der Waals surface area (Å²) in [4.78, 5) is 38.2. The second-order valence-electron chi connectivity index (χ2n) is 5.60. The van der Waals surface area contributed by atoms with Crippen LogP contribution < -0.4 is 10.2 Å². The maximum absolute atomic E-state index is 12.8. The number of aromatic hydroxyl groups is 1. The number of carbonyl (C=O) groups excluding carboxylic acids is 3. The van der Waals surface area contributed by atoms with Crippen molar-refractivity contribution in [3.8, 4) is 5.75 Å². The number of phenolic OH excluding ortho intramolecular Hbond substituents is 1. The van der Waals surface area contributed by atoms with Crippen molar-refractivity contribution in [3.63, 3.8) is 0 Å². The van der Waals surface area contributed by atoms with Crippen molar-refractivity contribution in [1.29, 1.82) is 0 Å². The number of halogens is 2. The molecule has 0 atom stereocenters. The van der Waals surface area contributed by atoms with Crippen LogP contribution >= 0.6 is 31.9 Å². The number of urea groups is 1. The van der Waals surface area contributed by atoms with Gasteiger partial charge in [-0.3, -0.25) is 14.9 Å². The maximum atomic E-state index is 12.8. The Morgan fingerprint density at radius 3 is 2.46 bits per heavy atom. The molecule has 1 heterocycles. The van der Waals surface area contributed by atoms with Crippen LogP contribution in [0.1, 0.15) is 11.1 Å². The summed E-state index contributed by atoms with van der Waals surface area (Å²) >= 11 is 6.52. The van der Waals surface area contributed by atoms with E-state index in [0.29, 0.717) is 21.3 Å². The van der Waals surface area contributed by atoms with Gasteiger partial charge in [-0.05, 0) is 70.4 Å². The van der Waals surface area contributed by atoms with Crippen LogP contribution in [0.4, 0.5) is 10.5 Å². The van der Waals surface area contributed by atoms with Gasteiger partial charge in [-0.2, -0.15) is 0 Å². The van der Waals surface area contributed by atoms with Crippen molar-refractivity contribution in [2.45, 2.75) is 6.92 Å². The van der Waals surface area contributed by atoms with Crippen LogP contribution in [0.15, 0.2) is 50.9 Å². The van der Waals surface area contributed by atoms with E-state index >= 15 is 0 Å². The number of phenols is 1. The van der Waals surface area contributed by atoms with Crippen LogP contribution in [0.25, 0.3) is 6.08 Å². The van der Waals surface area contributed by atoms with Gasteiger partial charge in [0.1, 0.15) is 11.3 Å². The van der Waals surface area contributed by atoms with Gasteiger partial charge >= 0.3 is 6.03 Å². The largest absolute Gasteiger partial charge is 0.507 e. The minimum atomic E-state index is -0.797. The molecule has 2 N–H and O–H groups in total. The molecular formula is C18H12Br2N2O4. The van der Waals surface area contributed by atoms with E-state index in [1.807, 2.05) is 0 Å². The molecule has 1 aliphatic rings. The molecule has 132 valence electrons. The summed E-state index contributed by atoms with van der Waals surface area (Å²) < 4.78 is 1.23. The minimum Gasteiger partial charge on any atom is -0.507 e. The third-order valence-corrected chi connectivity index (χ3v) is 4.91. The Balaban J connectivity index is 2.05. The van der Waals surface area contributed by atoms with E-state index in [4.69, 9.17) is 0 Å². The van der Waals surface area contributed by atoms with E-state index in [2.05, 4.69) is 37.2 Å². The number of hydrogen-bond acceptors (Lipinski definition) is 4. The Labute approximate surface area is 165 Å². The van der Waals surface area contributed by atoms with Gasteiger partial charge in [0.15, 0.2) is 0 Å². The quantitative estimate of drug-likeness (QED) is 0.505. The molecule has 4 amide bonds. The molecule has 3 rings (SSSR count). The van der Waals surface area contributed by atoms with Crippen molar-refractivity contribution < 1.29 is 19.5 Å². The highest BCUT2D eigenvalue weighted by molar-refractivity contribution is 9.10. The van der Waals surface area contributed by atoms with Crippen molar-refractivity contribution >= 4 is 61.5 Å². The average Bonchev–Trinajstić information content (AvgIpc) is 2.56. The summed E-state index contributed by atoms with van der Waals surface area (Å²) in [7, 11) is 0. The third kappa shape index (κ3) is 3.42. The third-order valence-electron chi connectivity index (χ3n) is 3.78. The number of anilines is 1. The number of imide groups is 2. The fourth-order valence-electron chi connectivity index (χ4n) is 2.53. The van der Waals surface area contributed by atoms with Gasteiger partial charge in [0.2, 0.25) is 0 Å². The van der Waals surface area contributed by atoms with Gasteiger partial charge in [0, 0.05) is 4.47 Å². The molecule has 26 heavy (non-hydrogen) atoms. The molecule has 6 nitrogen and oxygen atoms in total. The number of amides is 4. The number of benzene rings is 2. The first-order chi connectivity index (χ1) is 12.3. The monoisotopic (exact) mass is 478 g/mol. The zero-order valence-corrected chi connectivity index (χ0v) is 16.6. The van der Waals surface area contributed by atoms with Gasteiger partial charge in [-0.25, -0.2) is 9.69 Å². The molecule has 0 bridgehead atoms. The van der Waals surface area contributed by atoms with Crippen molar-refractivity contribution in [2.24, 2.45) is 0 Å². The first-order valence-corrected chi connectivity index (χ1v) is 9.02. The Hall–Kier alpha value is -2.45.